The molecule has 0 atom stereocenters. The van der Waals surface area contributed by atoms with Crippen molar-refractivity contribution in [2.45, 2.75) is 13.0 Å². The van der Waals surface area contributed by atoms with E-state index in [2.05, 4.69) is 4.90 Å². The van der Waals surface area contributed by atoms with Crippen LogP contribution >= 0.6 is 0 Å². The van der Waals surface area contributed by atoms with Crippen molar-refractivity contribution in [1.82, 2.24) is 4.90 Å². The summed E-state index contributed by atoms with van der Waals surface area (Å²) in [4.78, 5) is 2.13. The standard InChI is InChI=1S/C12H19NO2/c1-13(2)7-6-11-8-10(9-14)4-5-12(11)15-3/h4-5,8,14H,6-7,9H2,1-3H3. The maximum absolute atomic E-state index is 9.05. The fraction of sp³-hybridized carbons (Fsp3) is 0.500. The summed E-state index contributed by atoms with van der Waals surface area (Å²) in [6.45, 7) is 1.06. The van der Waals surface area contributed by atoms with E-state index in [0.717, 1.165) is 29.8 Å². The van der Waals surface area contributed by atoms with Crippen LogP contribution in [0.15, 0.2) is 18.2 Å². The number of hydrogen-bond acceptors (Lipinski definition) is 3. The normalized spacial score (nSPS) is 10.7. The Labute approximate surface area is 91.3 Å². The monoisotopic (exact) mass is 209 g/mol. The molecule has 84 valence electrons. The van der Waals surface area contributed by atoms with E-state index in [9.17, 15) is 0 Å². The van der Waals surface area contributed by atoms with Gasteiger partial charge in [-0.25, -0.2) is 0 Å². The Morgan fingerprint density at radius 2 is 2.07 bits per heavy atom. The molecule has 3 heteroatoms. The Balaban J connectivity index is 2.81. The molecule has 0 spiro atoms. The Kier molecular flexibility index (Phi) is 4.59. The first-order valence-electron chi connectivity index (χ1n) is 5.08. The van der Waals surface area contributed by atoms with Gasteiger partial charge in [0.1, 0.15) is 5.75 Å². The molecule has 0 aliphatic carbocycles. The van der Waals surface area contributed by atoms with Crippen LogP contribution in [0.25, 0.3) is 0 Å². The fourth-order valence-corrected chi connectivity index (χ4v) is 1.47. The second-order valence-electron chi connectivity index (χ2n) is 3.86. The number of aliphatic hydroxyl groups is 1. The molecule has 0 heterocycles. The molecule has 0 fully saturated rings. The van der Waals surface area contributed by atoms with Gasteiger partial charge >= 0.3 is 0 Å². The van der Waals surface area contributed by atoms with Gasteiger partial charge in [0, 0.05) is 6.54 Å². The zero-order chi connectivity index (χ0) is 11.3. The number of nitrogens with zero attached hydrogens (tertiary/aromatic N) is 1. The molecule has 15 heavy (non-hydrogen) atoms. The quantitative estimate of drug-likeness (QED) is 0.793. The van der Waals surface area contributed by atoms with Crippen molar-refractivity contribution >= 4 is 0 Å². The van der Waals surface area contributed by atoms with Gasteiger partial charge < -0.3 is 14.7 Å². The van der Waals surface area contributed by atoms with Gasteiger partial charge in [-0.2, -0.15) is 0 Å². The molecule has 0 unspecified atom stereocenters. The largest absolute Gasteiger partial charge is 0.496 e. The van der Waals surface area contributed by atoms with E-state index in [-0.39, 0.29) is 6.61 Å². The summed E-state index contributed by atoms with van der Waals surface area (Å²) >= 11 is 0. The molecule has 3 nitrogen and oxygen atoms in total. The van der Waals surface area contributed by atoms with Crippen LogP contribution in [0.5, 0.6) is 5.75 Å². The van der Waals surface area contributed by atoms with Gasteiger partial charge in [-0.1, -0.05) is 6.07 Å². The number of hydrogen-bond donors (Lipinski definition) is 1. The van der Waals surface area contributed by atoms with E-state index in [4.69, 9.17) is 9.84 Å². The van der Waals surface area contributed by atoms with E-state index in [1.807, 2.05) is 32.3 Å². The summed E-state index contributed by atoms with van der Waals surface area (Å²) in [5, 5.41) is 9.05. The average Bonchev–Trinajstić information content (AvgIpc) is 2.25. The van der Waals surface area contributed by atoms with Crippen LogP contribution in [-0.4, -0.2) is 37.8 Å². The lowest BCUT2D eigenvalue weighted by atomic mass is 10.1. The number of aliphatic hydroxyl groups excluding tert-OH is 1. The van der Waals surface area contributed by atoms with Gasteiger partial charge in [-0.3, -0.25) is 0 Å². The third kappa shape index (κ3) is 3.53. The molecule has 0 bridgehead atoms. The molecule has 0 amide bonds. The molecule has 0 aromatic heterocycles. The maximum Gasteiger partial charge on any atom is 0.122 e. The van der Waals surface area contributed by atoms with Crippen molar-refractivity contribution < 1.29 is 9.84 Å². The highest BCUT2D eigenvalue weighted by molar-refractivity contribution is 5.37. The first-order valence-corrected chi connectivity index (χ1v) is 5.08. The van der Waals surface area contributed by atoms with Crippen molar-refractivity contribution in [2.75, 3.05) is 27.7 Å². The van der Waals surface area contributed by atoms with Crippen molar-refractivity contribution in [1.29, 1.82) is 0 Å². The molecule has 0 radical (unpaired) electrons. The first-order chi connectivity index (χ1) is 7.17. The zero-order valence-corrected chi connectivity index (χ0v) is 9.66. The van der Waals surface area contributed by atoms with Crippen molar-refractivity contribution in [3.63, 3.8) is 0 Å². The molecule has 1 N–H and O–H groups in total. The maximum atomic E-state index is 9.05. The first kappa shape index (κ1) is 12.0. The van der Waals surface area contributed by atoms with Crippen LogP contribution < -0.4 is 4.74 Å². The minimum absolute atomic E-state index is 0.0823. The second kappa shape index (κ2) is 5.73. The van der Waals surface area contributed by atoms with Crippen LogP contribution in [0.4, 0.5) is 0 Å². The predicted octanol–water partition coefficient (Wildman–Crippen LogP) is 1.29. The summed E-state index contributed by atoms with van der Waals surface area (Å²) in [5.41, 5.74) is 2.09. The van der Waals surface area contributed by atoms with Crippen molar-refractivity contribution in [3.05, 3.63) is 29.3 Å². The minimum Gasteiger partial charge on any atom is -0.496 e. The van der Waals surface area contributed by atoms with E-state index in [0.29, 0.717) is 0 Å². The highest BCUT2D eigenvalue weighted by atomic mass is 16.5. The van der Waals surface area contributed by atoms with Crippen LogP contribution in [-0.2, 0) is 13.0 Å². The Morgan fingerprint density at radius 3 is 2.60 bits per heavy atom. The molecule has 1 rings (SSSR count). The summed E-state index contributed by atoms with van der Waals surface area (Å²) in [5.74, 6) is 0.897. The van der Waals surface area contributed by atoms with Crippen LogP contribution in [0.3, 0.4) is 0 Å². The number of likely N-dealkylation sites (N-methyl/N-ethyl adjacent to an activating group) is 1. The van der Waals surface area contributed by atoms with Crippen LogP contribution in [0.2, 0.25) is 0 Å². The second-order valence-corrected chi connectivity index (χ2v) is 3.86. The SMILES string of the molecule is COc1ccc(CO)cc1CCN(C)C. The lowest BCUT2D eigenvalue weighted by Gasteiger charge is -2.13. The van der Waals surface area contributed by atoms with E-state index in [1.54, 1.807) is 7.11 Å². The molecular weight excluding hydrogens is 190 g/mol. The number of methoxy groups -OCH3 is 1. The molecular formula is C12H19NO2. The molecule has 0 aliphatic rings. The lowest BCUT2D eigenvalue weighted by molar-refractivity contribution is 0.281. The van der Waals surface area contributed by atoms with Gasteiger partial charge in [0.15, 0.2) is 0 Å². The van der Waals surface area contributed by atoms with Gasteiger partial charge in [0.2, 0.25) is 0 Å². The van der Waals surface area contributed by atoms with Crippen molar-refractivity contribution in [2.24, 2.45) is 0 Å². The van der Waals surface area contributed by atoms with Gasteiger partial charge in [0.25, 0.3) is 0 Å². The van der Waals surface area contributed by atoms with Gasteiger partial charge in [-0.05, 0) is 43.8 Å². The zero-order valence-electron chi connectivity index (χ0n) is 9.66. The Hall–Kier alpha value is -1.06. The van der Waals surface area contributed by atoms with Crippen molar-refractivity contribution in [3.8, 4) is 5.75 Å². The smallest absolute Gasteiger partial charge is 0.122 e. The lowest BCUT2D eigenvalue weighted by Crippen LogP contribution is -2.15. The Morgan fingerprint density at radius 1 is 1.33 bits per heavy atom. The van der Waals surface area contributed by atoms with E-state index in [1.165, 1.54) is 0 Å². The average molecular weight is 209 g/mol. The topological polar surface area (TPSA) is 32.7 Å². The number of benzene rings is 1. The molecule has 0 saturated heterocycles. The minimum atomic E-state index is 0.0823. The van der Waals surface area contributed by atoms with Crippen LogP contribution in [0, 0.1) is 0 Å². The summed E-state index contributed by atoms with van der Waals surface area (Å²) < 4.78 is 5.28. The van der Waals surface area contributed by atoms with E-state index >= 15 is 0 Å². The third-order valence-electron chi connectivity index (χ3n) is 2.36. The molecule has 0 aliphatic heterocycles. The summed E-state index contributed by atoms with van der Waals surface area (Å²) in [7, 11) is 5.76. The third-order valence-corrected chi connectivity index (χ3v) is 2.36. The fourth-order valence-electron chi connectivity index (χ4n) is 1.47. The summed E-state index contributed by atoms with van der Waals surface area (Å²) in [6.07, 6.45) is 0.935. The van der Waals surface area contributed by atoms with Gasteiger partial charge in [-0.15, -0.1) is 0 Å². The number of rotatable bonds is 5. The highest BCUT2D eigenvalue weighted by Gasteiger charge is 2.04. The highest BCUT2D eigenvalue weighted by Crippen LogP contribution is 2.20. The molecule has 1 aromatic rings. The van der Waals surface area contributed by atoms with E-state index < -0.39 is 0 Å². The Bertz CT molecular complexity index is 310. The molecule has 1 aromatic carbocycles. The predicted molar refractivity (Wildman–Crippen MR) is 61.2 cm³/mol. The van der Waals surface area contributed by atoms with Crippen LogP contribution in [0.1, 0.15) is 11.1 Å². The number of ether oxygens (including phenoxy) is 1. The molecule has 0 saturated carbocycles. The summed E-state index contributed by atoms with van der Waals surface area (Å²) in [6, 6.07) is 5.80. The van der Waals surface area contributed by atoms with Gasteiger partial charge in [0.05, 0.1) is 13.7 Å².